The van der Waals surface area contributed by atoms with Crippen molar-refractivity contribution in [3.8, 4) is 0 Å². The molecule has 0 bridgehead atoms. The zero-order chi connectivity index (χ0) is 13.4. The van der Waals surface area contributed by atoms with Gasteiger partial charge in [0.2, 0.25) is 0 Å². The van der Waals surface area contributed by atoms with E-state index in [0.717, 1.165) is 23.9 Å². The van der Waals surface area contributed by atoms with Crippen molar-refractivity contribution in [2.24, 2.45) is 0 Å². The maximum absolute atomic E-state index is 10.9. The smallest absolute Gasteiger partial charge is 0.335 e. The van der Waals surface area contributed by atoms with Crippen molar-refractivity contribution in [3.05, 3.63) is 28.8 Å². The zero-order valence-corrected chi connectivity index (χ0v) is 12.1. The molecule has 5 nitrogen and oxygen atoms in total. The second kappa shape index (κ2) is 4.87. The summed E-state index contributed by atoms with van der Waals surface area (Å²) < 4.78 is 2.55. The first-order chi connectivity index (χ1) is 9.11. The van der Waals surface area contributed by atoms with Crippen LogP contribution in [0.15, 0.2) is 26.9 Å². The standard InChI is InChI=1S/C11H7N3O2S3/c1-5-13-14-11(17-5)19-10-12-7-3-2-6(9(15)16)4-8(7)18-10/h2-4H,1H3,(H,15,16). The molecule has 1 N–H and O–H groups in total. The highest BCUT2D eigenvalue weighted by molar-refractivity contribution is 8.02. The molecule has 0 unspecified atom stereocenters. The molecule has 96 valence electrons. The number of benzene rings is 1. The van der Waals surface area contributed by atoms with Gasteiger partial charge in [0.1, 0.15) is 5.01 Å². The maximum Gasteiger partial charge on any atom is 0.335 e. The van der Waals surface area contributed by atoms with Crippen LogP contribution in [-0.4, -0.2) is 26.3 Å². The number of thiazole rings is 1. The molecule has 8 heteroatoms. The van der Waals surface area contributed by atoms with E-state index in [1.54, 1.807) is 18.2 Å². The topological polar surface area (TPSA) is 76.0 Å². The van der Waals surface area contributed by atoms with Crippen LogP contribution in [0.25, 0.3) is 10.2 Å². The number of carbonyl (C=O) groups is 1. The highest BCUT2D eigenvalue weighted by atomic mass is 32.2. The Bertz CT molecular complexity index is 765. The molecule has 0 aliphatic carbocycles. The van der Waals surface area contributed by atoms with Gasteiger partial charge >= 0.3 is 5.97 Å². The van der Waals surface area contributed by atoms with Gasteiger partial charge in [0.25, 0.3) is 0 Å². The van der Waals surface area contributed by atoms with Gasteiger partial charge in [-0.2, -0.15) is 0 Å². The molecular formula is C11H7N3O2S3. The highest BCUT2D eigenvalue weighted by Crippen LogP contribution is 2.35. The molecule has 0 saturated carbocycles. The minimum Gasteiger partial charge on any atom is -0.478 e. The van der Waals surface area contributed by atoms with Crippen molar-refractivity contribution >= 4 is 50.6 Å². The van der Waals surface area contributed by atoms with Crippen molar-refractivity contribution in [3.63, 3.8) is 0 Å². The van der Waals surface area contributed by atoms with Crippen LogP contribution in [0.4, 0.5) is 0 Å². The molecule has 0 amide bonds. The van der Waals surface area contributed by atoms with Crippen LogP contribution in [0.2, 0.25) is 0 Å². The minimum atomic E-state index is -0.927. The van der Waals surface area contributed by atoms with E-state index in [0.29, 0.717) is 0 Å². The number of carboxylic acid groups (broad SMARTS) is 1. The number of aryl methyl sites for hydroxylation is 1. The summed E-state index contributed by atoms with van der Waals surface area (Å²) in [6.45, 7) is 1.90. The lowest BCUT2D eigenvalue weighted by atomic mass is 10.2. The Labute approximate surface area is 120 Å². The number of rotatable bonds is 3. The van der Waals surface area contributed by atoms with E-state index in [1.807, 2.05) is 6.92 Å². The lowest BCUT2D eigenvalue weighted by Crippen LogP contribution is -1.94. The summed E-state index contributed by atoms with van der Waals surface area (Å²) in [4.78, 5) is 15.4. The number of aromatic carboxylic acids is 1. The molecule has 3 rings (SSSR count). The van der Waals surface area contributed by atoms with Crippen LogP contribution >= 0.6 is 34.4 Å². The SMILES string of the molecule is Cc1nnc(Sc2nc3ccc(C(=O)O)cc3s2)s1. The van der Waals surface area contributed by atoms with Crippen LogP contribution in [0.5, 0.6) is 0 Å². The zero-order valence-electron chi connectivity index (χ0n) is 9.65. The normalized spacial score (nSPS) is 11.0. The van der Waals surface area contributed by atoms with Gasteiger partial charge in [-0.3, -0.25) is 0 Å². The van der Waals surface area contributed by atoms with Crippen molar-refractivity contribution in [1.29, 1.82) is 0 Å². The summed E-state index contributed by atoms with van der Waals surface area (Å²) in [5, 5.41) is 17.8. The number of fused-ring (bicyclic) bond motifs is 1. The van der Waals surface area contributed by atoms with E-state index in [1.165, 1.54) is 34.4 Å². The molecule has 0 aliphatic heterocycles. The Morgan fingerprint density at radius 3 is 2.79 bits per heavy atom. The fourth-order valence-corrected chi connectivity index (χ4v) is 4.60. The molecule has 0 fully saturated rings. The summed E-state index contributed by atoms with van der Waals surface area (Å²) in [6, 6.07) is 4.93. The average Bonchev–Trinajstić information content (AvgIpc) is 2.94. The van der Waals surface area contributed by atoms with Crippen molar-refractivity contribution in [2.45, 2.75) is 15.6 Å². The second-order valence-corrected chi connectivity index (χ2v) is 7.36. The lowest BCUT2D eigenvalue weighted by Gasteiger charge is -1.91. The third-order valence-corrected chi connectivity index (χ3v) is 5.27. The summed E-state index contributed by atoms with van der Waals surface area (Å²) >= 11 is 4.43. The third-order valence-electron chi connectivity index (χ3n) is 2.30. The Kier molecular flexibility index (Phi) is 3.21. The first-order valence-electron chi connectivity index (χ1n) is 5.23. The van der Waals surface area contributed by atoms with Gasteiger partial charge in [0, 0.05) is 0 Å². The molecule has 2 heterocycles. The first-order valence-corrected chi connectivity index (χ1v) is 7.68. The van der Waals surface area contributed by atoms with Crippen molar-refractivity contribution in [2.75, 3.05) is 0 Å². The maximum atomic E-state index is 10.9. The predicted molar refractivity (Wildman–Crippen MR) is 75.3 cm³/mol. The predicted octanol–water partition coefficient (Wildman–Crippen LogP) is 3.31. The third kappa shape index (κ3) is 2.60. The Morgan fingerprint density at radius 2 is 2.11 bits per heavy atom. The van der Waals surface area contributed by atoms with E-state index < -0.39 is 5.97 Å². The number of aromatic nitrogens is 3. The van der Waals surface area contributed by atoms with E-state index in [9.17, 15) is 4.79 Å². The second-order valence-electron chi connectivity index (χ2n) is 3.66. The molecule has 0 atom stereocenters. The number of nitrogens with zero attached hydrogens (tertiary/aromatic N) is 3. The van der Waals surface area contributed by atoms with Gasteiger partial charge in [0.15, 0.2) is 8.68 Å². The molecule has 3 aromatic rings. The van der Waals surface area contributed by atoms with Crippen LogP contribution in [-0.2, 0) is 0 Å². The average molecular weight is 309 g/mol. The summed E-state index contributed by atoms with van der Waals surface area (Å²) in [7, 11) is 0. The Balaban J connectivity index is 1.95. The van der Waals surface area contributed by atoms with E-state index in [-0.39, 0.29) is 5.56 Å². The summed E-state index contributed by atoms with van der Waals surface area (Å²) in [6.07, 6.45) is 0. The van der Waals surface area contributed by atoms with Crippen LogP contribution in [0.1, 0.15) is 15.4 Å². The van der Waals surface area contributed by atoms with Crippen molar-refractivity contribution < 1.29 is 9.90 Å². The van der Waals surface area contributed by atoms with Gasteiger partial charge in [-0.25, -0.2) is 9.78 Å². The minimum absolute atomic E-state index is 0.277. The molecule has 0 radical (unpaired) electrons. The van der Waals surface area contributed by atoms with Crippen LogP contribution in [0, 0.1) is 6.92 Å². The summed E-state index contributed by atoms with van der Waals surface area (Å²) in [5.41, 5.74) is 1.08. The molecule has 19 heavy (non-hydrogen) atoms. The molecule has 0 spiro atoms. The summed E-state index contributed by atoms with van der Waals surface area (Å²) in [5.74, 6) is -0.927. The molecule has 0 saturated heterocycles. The molecular weight excluding hydrogens is 302 g/mol. The van der Waals surface area contributed by atoms with Gasteiger partial charge < -0.3 is 5.11 Å². The molecule has 0 aliphatic rings. The van der Waals surface area contributed by atoms with Gasteiger partial charge in [0.05, 0.1) is 15.8 Å². The lowest BCUT2D eigenvalue weighted by molar-refractivity contribution is 0.0697. The fourth-order valence-electron chi connectivity index (χ4n) is 1.47. The van der Waals surface area contributed by atoms with Gasteiger partial charge in [-0.1, -0.05) is 11.3 Å². The quantitative estimate of drug-likeness (QED) is 0.800. The highest BCUT2D eigenvalue weighted by Gasteiger charge is 2.11. The number of hydrogen-bond acceptors (Lipinski definition) is 7. The van der Waals surface area contributed by atoms with Gasteiger partial charge in [-0.05, 0) is 36.9 Å². The fraction of sp³-hybridized carbons (Fsp3) is 0.0909. The van der Waals surface area contributed by atoms with Crippen LogP contribution in [0.3, 0.4) is 0 Å². The molecule has 2 aromatic heterocycles. The monoisotopic (exact) mass is 309 g/mol. The first kappa shape index (κ1) is 12.5. The van der Waals surface area contributed by atoms with Crippen molar-refractivity contribution in [1.82, 2.24) is 15.2 Å². The number of hydrogen-bond donors (Lipinski definition) is 1. The van der Waals surface area contributed by atoms with E-state index in [4.69, 9.17) is 5.11 Å². The van der Waals surface area contributed by atoms with E-state index >= 15 is 0 Å². The molecule has 1 aromatic carbocycles. The number of carboxylic acids is 1. The van der Waals surface area contributed by atoms with Gasteiger partial charge in [-0.15, -0.1) is 21.5 Å². The van der Waals surface area contributed by atoms with E-state index in [2.05, 4.69) is 15.2 Å². The van der Waals surface area contributed by atoms with Crippen LogP contribution < -0.4 is 0 Å². The Hall–Kier alpha value is -1.51. The largest absolute Gasteiger partial charge is 0.478 e. The Morgan fingerprint density at radius 1 is 1.26 bits per heavy atom.